The first-order valence-electron chi connectivity index (χ1n) is 5.10. The van der Waals surface area contributed by atoms with Crippen molar-refractivity contribution in [2.24, 2.45) is 0 Å². The normalized spacial score (nSPS) is 11.3. The van der Waals surface area contributed by atoms with Crippen LogP contribution in [0.5, 0.6) is 5.75 Å². The Morgan fingerprint density at radius 2 is 1.32 bits per heavy atom. The van der Waals surface area contributed by atoms with Crippen molar-refractivity contribution < 1.29 is 21.4 Å². The first-order chi connectivity index (χ1) is 8.94. The first-order valence-corrected chi connectivity index (χ1v) is 7.84. The van der Waals surface area contributed by atoms with Crippen LogP contribution in [0.2, 0.25) is 0 Å². The highest BCUT2D eigenvalue weighted by atomic mass is 33.1. The average molecular weight is 302 g/mol. The SMILES string of the molecule is O=S(=O)(Oc1ccc(F)cc1)Sc1ccc(F)cc1. The summed E-state index contributed by atoms with van der Waals surface area (Å²) in [5, 5.41) is 0. The van der Waals surface area contributed by atoms with Gasteiger partial charge in [-0.3, -0.25) is 0 Å². The summed E-state index contributed by atoms with van der Waals surface area (Å²) in [5.41, 5.74) is 0. The van der Waals surface area contributed by atoms with Crippen LogP contribution in [0.3, 0.4) is 0 Å². The van der Waals surface area contributed by atoms with Gasteiger partial charge in [0.2, 0.25) is 0 Å². The Balaban J connectivity index is 2.10. The summed E-state index contributed by atoms with van der Waals surface area (Å²) in [6.45, 7) is 0. The van der Waals surface area contributed by atoms with Gasteiger partial charge >= 0.3 is 9.15 Å². The van der Waals surface area contributed by atoms with Crippen molar-refractivity contribution in [2.45, 2.75) is 4.90 Å². The van der Waals surface area contributed by atoms with Crippen LogP contribution in [-0.2, 0) is 9.15 Å². The van der Waals surface area contributed by atoms with Crippen LogP contribution in [0.15, 0.2) is 53.4 Å². The zero-order valence-electron chi connectivity index (χ0n) is 9.42. The molecular formula is C12H8F2O3S2. The van der Waals surface area contributed by atoms with E-state index >= 15 is 0 Å². The number of hydrogen-bond donors (Lipinski definition) is 0. The average Bonchev–Trinajstić information content (AvgIpc) is 2.34. The second kappa shape index (κ2) is 5.58. The molecule has 0 unspecified atom stereocenters. The lowest BCUT2D eigenvalue weighted by Crippen LogP contribution is -2.03. The maximum absolute atomic E-state index is 12.7. The fourth-order valence-corrected chi connectivity index (χ4v) is 3.47. The quantitative estimate of drug-likeness (QED) is 0.812. The molecule has 2 rings (SSSR count). The third-order valence-corrected chi connectivity index (χ3v) is 4.48. The lowest BCUT2D eigenvalue weighted by Gasteiger charge is -2.05. The molecule has 0 aliphatic rings. The molecule has 2 aromatic rings. The van der Waals surface area contributed by atoms with Gasteiger partial charge in [0.05, 0.1) is 0 Å². The van der Waals surface area contributed by atoms with Gasteiger partial charge in [-0.2, -0.15) is 8.42 Å². The van der Waals surface area contributed by atoms with Gasteiger partial charge in [0.1, 0.15) is 17.4 Å². The van der Waals surface area contributed by atoms with Crippen LogP contribution in [0.4, 0.5) is 8.78 Å². The van der Waals surface area contributed by atoms with Gasteiger partial charge in [-0.25, -0.2) is 8.78 Å². The van der Waals surface area contributed by atoms with Crippen molar-refractivity contribution in [1.82, 2.24) is 0 Å². The standard InChI is InChI=1S/C12H8F2O3S2/c13-9-1-5-11(6-2-9)17-19(15,16)18-12-7-3-10(14)4-8-12/h1-8H. The maximum atomic E-state index is 12.7. The third-order valence-electron chi connectivity index (χ3n) is 2.02. The molecule has 7 heteroatoms. The number of benzene rings is 2. The van der Waals surface area contributed by atoms with Crippen LogP contribution < -0.4 is 4.18 Å². The first kappa shape index (κ1) is 13.8. The smallest absolute Gasteiger partial charge is 0.370 e. The molecular weight excluding hydrogens is 294 g/mol. The molecule has 2 aromatic carbocycles. The van der Waals surface area contributed by atoms with E-state index in [1.165, 1.54) is 24.3 Å². The highest BCUT2D eigenvalue weighted by Gasteiger charge is 2.15. The Kier molecular flexibility index (Phi) is 4.06. The summed E-state index contributed by atoms with van der Waals surface area (Å²) in [5.74, 6) is -0.937. The Morgan fingerprint density at radius 1 is 0.842 bits per heavy atom. The van der Waals surface area contributed by atoms with Gasteiger partial charge < -0.3 is 4.18 Å². The summed E-state index contributed by atoms with van der Waals surface area (Å²) in [6.07, 6.45) is 0. The van der Waals surface area contributed by atoms with Crippen LogP contribution in [0, 0.1) is 11.6 Å². The predicted octanol–water partition coefficient (Wildman–Crippen LogP) is 3.38. The topological polar surface area (TPSA) is 43.4 Å². The minimum atomic E-state index is -3.94. The minimum Gasteiger partial charge on any atom is -0.374 e. The summed E-state index contributed by atoms with van der Waals surface area (Å²) < 4.78 is 53.5. The molecule has 0 radical (unpaired) electrons. The van der Waals surface area contributed by atoms with Crippen molar-refractivity contribution in [3.63, 3.8) is 0 Å². The fraction of sp³-hybridized carbons (Fsp3) is 0. The Morgan fingerprint density at radius 3 is 1.84 bits per heavy atom. The minimum absolute atomic E-state index is 0.0102. The van der Waals surface area contributed by atoms with Gasteiger partial charge in [-0.15, -0.1) is 0 Å². The molecule has 100 valence electrons. The van der Waals surface area contributed by atoms with E-state index in [0.29, 0.717) is 15.7 Å². The molecule has 0 spiro atoms. The molecule has 0 atom stereocenters. The zero-order valence-corrected chi connectivity index (χ0v) is 11.0. The molecule has 0 bridgehead atoms. The Labute approximate surface area is 112 Å². The third kappa shape index (κ3) is 4.22. The molecule has 0 fully saturated rings. The van der Waals surface area contributed by atoms with Crippen molar-refractivity contribution >= 4 is 19.9 Å². The fourth-order valence-electron chi connectivity index (χ4n) is 1.23. The van der Waals surface area contributed by atoms with Gasteiger partial charge in [0.15, 0.2) is 0 Å². The molecule has 3 nitrogen and oxygen atoms in total. The molecule has 0 aromatic heterocycles. The van der Waals surface area contributed by atoms with Crippen LogP contribution >= 0.6 is 10.8 Å². The van der Waals surface area contributed by atoms with E-state index in [2.05, 4.69) is 0 Å². The van der Waals surface area contributed by atoms with E-state index < -0.39 is 20.8 Å². The van der Waals surface area contributed by atoms with Gasteiger partial charge in [-0.1, -0.05) is 0 Å². The Bertz CT molecular complexity index is 599. The summed E-state index contributed by atoms with van der Waals surface area (Å²) in [6, 6.07) is 9.54. The molecule has 0 heterocycles. The highest BCUT2D eigenvalue weighted by molar-refractivity contribution is 8.70. The van der Waals surface area contributed by atoms with Crippen LogP contribution in [0.25, 0.3) is 0 Å². The van der Waals surface area contributed by atoms with E-state index in [1.807, 2.05) is 0 Å². The molecule has 0 amide bonds. The Hall–Kier alpha value is -1.60. The summed E-state index contributed by atoms with van der Waals surface area (Å²) >= 11 is 0. The maximum Gasteiger partial charge on any atom is 0.370 e. The molecule has 0 aliphatic carbocycles. The number of rotatable bonds is 4. The summed E-state index contributed by atoms with van der Waals surface area (Å²) in [4.78, 5) is 0.323. The van der Waals surface area contributed by atoms with E-state index in [0.717, 1.165) is 24.3 Å². The molecule has 19 heavy (non-hydrogen) atoms. The molecule has 0 aliphatic heterocycles. The van der Waals surface area contributed by atoms with Crippen LogP contribution in [-0.4, -0.2) is 8.42 Å². The lowest BCUT2D eigenvalue weighted by molar-refractivity contribution is 0.503. The molecule has 0 N–H and O–H groups in total. The number of halogens is 2. The lowest BCUT2D eigenvalue weighted by atomic mass is 10.3. The van der Waals surface area contributed by atoms with Crippen molar-refractivity contribution in [1.29, 1.82) is 0 Å². The molecule has 0 saturated heterocycles. The highest BCUT2D eigenvalue weighted by Crippen LogP contribution is 2.27. The van der Waals surface area contributed by atoms with Crippen LogP contribution in [0.1, 0.15) is 0 Å². The second-order valence-corrected chi connectivity index (χ2v) is 6.83. The van der Waals surface area contributed by atoms with E-state index in [4.69, 9.17) is 4.18 Å². The van der Waals surface area contributed by atoms with Gasteiger partial charge in [0, 0.05) is 15.7 Å². The van der Waals surface area contributed by atoms with E-state index in [9.17, 15) is 17.2 Å². The monoisotopic (exact) mass is 302 g/mol. The molecule has 0 saturated carbocycles. The van der Waals surface area contributed by atoms with Crippen molar-refractivity contribution in [3.05, 3.63) is 60.2 Å². The van der Waals surface area contributed by atoms with Crippen molar-refractivity contribution in [3.8, 4) is 5.75 Å². The zero-order chi connectivity index (χ0) is 13.9. The van der Waals surface area contributed by atoms with Gasteiger partial charge in [-0.05, 0) is 48.5 Å². The van der Waals surface area contributed by atoms with Crippen molar-refractivity contribution in [2.75, 3.05) is 0 Å². The van der Waals surface area contributed by atoms with E-state index in [-0.39, 0.29) is 5.75 Å². The van der Waals surface area contributed by atoms with E-state index in [1.54, 1.807) is 0 Å². The summed E-state index contributed by atoms with van der Waals surface area (Å²) in [7, 11) is -3.50. The second-order valence-electron chi connectivity index (χ2n) is 3.48. The van der Waals surface area contributed by atoms with Gasteiger partial charge in [0.25, 0.3) is 0 Å². The largest absolute Gasteiger partial charge is 0.374 e. The number of hydrogen-bond acceptors (Lipinski definition) is 4. The predicted molar refractivity (Wildman–Crippen MR) is 68.2 cm³/mol.